The predicted octanol–water partition coefficient (Wildman–Crippen LogP) is -2.65. The van der Waals surface area contributed by atoms with Crippen LogP contribution in [0.3, 0.4) is 0 Å². The molecule has 0 amide bonds. The van der Waals surface area contributed by atoms with Crippen molar-refractivity contribution in [2.24, 2.45) is 0 Å². The average Bonchev–Trinajstić information content (AvgIpc) is 0.811. The van der Waals surface area contributed by atoms with Crippen LogP contribution in [-0.2, 0) is 19.5 Å². The fraction of sp³-hybridized carbons (Fsp3) is 0. The molecule has 0 radical (unpaired) electrons. The van der Waals surface area contributed by atoms with E-state index in [4.69, 9.17) is 14.7 Å². The molecule has 6 heavy (non-hydrogen) atoms. The molecule has 0 saturated heterocycles. The van der Waals surface area contributed by atoms with E-state index >= 15 is 0 Å². The molecule has 40 valence electrons. The normalized spacial score (nSPS) is 6.00. The van der Waals surface area contributed by atoms with E-state index in [9.17, 15) is 0 Å². The van der Waals surface area contributed by atoms with Crippen molar-refractivity contribution in [2.75, 3.05) is 0 Å². The van der Waals surface area contributed by atoms with Gasteiger partial charge in [0.05, 0.1) is 0 Å². The third kappa shape index (κ3) is 54.9. The Morgan fingerprint density at radius 3 is 1.00 bits per heavy atom. The fourth-order valence-electron chi connectivity index (χ4n) is 0. The summed E-state index contributed by atoms with van der Waals surface area (Å²) in [7, 11) is -3.37. The Morgan fingerprint density at radius 1 is 1.00 bits per heavy atom. The van der Waals surface area contributed by atoms with Crippen molar-refractivity contribution in [2.45, 2.75) is 0 Å². The molecular formula is H3O3P2Rh. The summed E-state index contributed by atoms with van der Waals surface area (Å²) in [5.41, 5.74) is 0. The van der Waals surface area contributed by atoms with Crippen molar-refractivity contribution < 1.29 is 34.2 Å². The van der Waals surface area contributed by atoms with Crippen LogP contribution in [0, 0.1) is 0 Å². The van der Waals surface area contributed by atoms with Crippen molar-refractivity contribution in [1.82, 2.24) is 0 Å². The van der Waals surface area contributed by atoms with Crippen LogP contribution in [-0.4, -0.2) is 0 Å². The van der Waals surface area contributed by atoms with Gasteiger partial charge in [-0.1, -0.05) is 0 Å². The summed E-state index contributed by atoms with van der Waals surface area (Å²) < 4.78 is 0. The van der Waals surface area contributed by atoms with Gasteiger partial charge in [0.25, 0.3) is 0 Å². The Bertz CT molecular complexity index is 13.5. The molecule has 1 atom stereocenters. The van der Waals surface area contributed by atoms with Crippen LogP contribution in [0.25, 0.3) is 0 Å². The van der Waals surface area contributed by atoms with Crippen LogP contribution in [0.1, 0.15) is 0 Å². The molecule has 0 fully saturated rings. The van der Waals surface area contributed by atoms with Gasteiger partial charge in [0.15, 0.2) is 0 Å². The molecule has 6 heteroatoms. The Balaban J connectivity index is -0.0000000450. The van der Waals surface area contributed by atoms with Crippen LogP contribution in [0.5, 0.6) is 0 Å². The molecular weight excluding hydrogens is 213 g/mol. The van der Waals surface area contributed by atoms with E-state index < -0.39 is 8.60 Å². The van der Waals surface area contributed by atoms with E-state index in [1.54, 1.807) is 0 Å². The van der Waals surface area contributed by atoms with Crippen molar-refractivity contribution in [3.05, 3.63) is 0 Å². The van der Waals surface area contributed by atoms with E-state index in [1.165, 1.54) is 0 Å². The van der Waals surface area contributed by atoms with Crippen LogP contribution in [0.2, 0.25) is 0 Å². The predicted molar refractivity (Wildman–Crippen MR) is 18.0 cm³/mol. The molecule has 1 unspecified atom stereocenters. The largest absolute Gasteiger partial charge is 3.00 e. The van der Waals surface area contributed by atoms with Gasteiger partial charge in [-0.3, -0.25) is 0 Å². The molecule has 0 bridgehead atoms. The number of hydrogen-bond donors (Lipinski definition) is 0. The molecule has 0 rings (SSSR count). The van der Waals surface area contributed by atoms with Gasteiger partial charge in [-0.15, -0.1) is 0 Å². The third-order valence-electron chi connectivity index (χ3n) is 0. The van der Waals surface area contributed by atoms with Gasteiger partial charge < -0.3 is 23.3 Å². The van der Waals surface area contributed by atoms with Crippen LogP contribution < -0.4 is 14.7 Å². The SMILES string of the molecule is P.[O-]P([O-])[O-].[Rh+3]. The Morgan fingerprint density at radius 2 is 1.00 bits per heavy atom. The van der Waals surface area contributed by atoms with E-state index in [0.717, 1.165) is 0 Å². The summed E-state index contributed by atoms with van der Waals surface area (Å²) in [6.07, 6.45) is 0. The zero-order chi connectivity index (χ0) is 3.58. The summed E-state index contributed by atoms with van der Waals surface area (Å²) >= 11 is 0. The van der Waals surface area contributed by atoms with Gasteiger partial charge in [-0.25, -0.2) is 0 Å². The summed E-state index contributed by atoms with van der Waals surface area (Å²) in [4.78, 5) is 25.4. The summed E-state index contributed by atoms with van der Waals surface area (Å²) in [6, 6.07) is 0. The molecule has 0 heterocycles. The van der Waals surface area contributed by atoms with Crippen LogP contribution in [0.15, 0.2) is 0 Å². The standard InChI is InChI=1S/O3P.H3P.Rh/c1-4(2)3;;/h;1H3;/q-3;;+3. The Kier molecular flexibility index (Phi) is 25.1. The Hall–Kier alpha value is 1.36. The van der Waals surface area contributed by atoms with E-state index in [1.807, 2.05) is 0 Å². The van der Waals surface area contributed by atoms with Crippen LogP contribution >= 0.6 is 18.5 Å². The molecule has 3 nitrogen and oxygen atoms in total. The summed E-state index contributed by atoms with van der Waals surface area (Å²) in [6.45, 7) is 0. The minimum absolute atomic E-state index is 0. The van der Waals surface area contributed by atoms with E-state index in [-0.39, 0.29) is 29.4 Å². The maximum Gasteiger partial charge on any atom is 3.00 e. The van der Waals surface area contributed by atoms with Gasteiger partial charge in [-0.05, 0) is 0 Å². The molecule has 0 aliphatic heterocycles. The molecule has 0 aromatic carbocycles. The van der Waals surface area contributed by atoms with Crippen LogP contribution in [0.4, 0.5) is 0 Å². The average molecular weight is 216 g/mol. The quantitative estimate of drug-likeness (QED) is 0.328. The first kappa shape index (κ1) is 15.7. The zero-order valence-electron chi connectivity index (χ0n) is 2.71. The smallest absolute Gasteiger partial charge is 0.854 e. The van der Waals surface area contributed by atoms with Gasteiger partial charge in [0, 0.05) is 0 Å². The van der Waals surface area contributed by atoms with Gasteiger partial charge in [0.1, 0.15) is 0 Å². The molecule has 0 aliphatic rings. The monoisotopic (exact) mass is 216 g/mol. The third-order valence-corrected chi connectivity index (χ3v) is 0. The summed E-state index contributed by atoms with van der Waals surface area (Å²) in [5.74, 6) is 0. The van der Waals surface area contributed by atoms with Gasteiger partial charge in [-0.2, -0.15) is 9.90 Å². The first-order valence-electron chi connectivity index (χ1n) is 0.548. The zero-order valence-corrected chi connectivity index (χ0v) is 6.66. The van der Waals surface area contributed by atoms with Gasteiger partial charge in [0.2, 0.25) is 0 Å². The number of rotatable bonds is 0. The first-order valence-corrected chi connectivity index (χ1v) is 1.64. The molecule has 0 aromatic rings. The van der Waals surface area contributed by atoms with E-state index in [0.29, 0.717) is 0 Å². The topological polar surface area (TPSA) is 69.2 Å². The second kappa shape index (κ2) is 9.61. The molecule has 0 N–H and O–H groups in total. The van der Waals surface area contributed by atoms with E-state index in [2.05, 4.69) is 0 Å². The van der Waals surface area contributed by atoms with Crippen molar-refractivity contribution in [3.8, 4) is 0 Å². The molecule has 0 aliphatic carbocycles. The van der Waals surface area contributed by atoms with Crippen molar-refractivity contribution >= 4 is 18.5 Å². The maximum atomic E-state index is 8.48. The maximum absolute atomic E-state index is 8.48. The summed E-state index contributed by atoms with van der Waals surface area (Å²) in [5, 5.41) is 0. The minimum atomic E-state index is -3.37. The van der Waals surface area contributed by atoms with Crippen molar-refractivity contribution in [1.29, 1.82) is 0 Å². The number of hydrogen-bond acceptors (Lipinski definition) is 3. The molecule has 0 aromatic heterocycles. The second-order valence-corrected chi connectivity index (χ2v) is 0.671. The first-order chi connectivity index (χ1) is 1.73. The minimum Gasteiger partial charge on any atom is -0.854 e. The second-order valence-electron chi connectivity index (χ2n) is 0.224. The van der Waals surface area contributed by atoms with Gasteiger partial charge >= 0.3 is 19.5 Å². The van der Waals surface area contributed by atoms with Crippen molar-refractivity contribution in [3.63, 3.8) is 0 Å². The fourth-order valence-corrected chi connectivity index (χ4v) is 0. The Labute approximate surface area is 53.2 Å². The molecule has 0 spiro atoms. The molecule has 0 saturated carbocycles.